The second-order valence-corrected chi connectivity index (χ2v) is 5.34. The molecule has 0 aliphatic rings. The quantitative estimate of drug-likeness (QED) is 0.427. The maximum Gasteiger partial charge on any atom is 0.428 e. The minimum Gasteiger partial charge on any atom is -0.348 e. The van der Waals surface area contributed by atoms with Gasteiger partial charge in [0.15, 0.2) is 5.31 Å². The van der Waals surface area contributed by atoms with Gasteiger partial charge in [-0.05, 0) is 13.8 Å². The van der Waals surface area contributed by atoms with Crippen LogP contribution in [-0.4, -0.2) is 38.4 Å². The van der Waals surface area contributed by atoms with Crippen LogP contribution in [0.3, 0.4) is 0 Å². The van der Waals surface area contributed by atoms with Gasteiger partial charge in [0.2, 0.25) is 5.95 Å². The summed E-state index contributed by atoms with van der Waals surface area (Å²) in [4.78, 5) is 0.785. The van der Waals surface area contributed by atoms with Crippen molar-refractivity contribution < 1.29 is 31.2 Å². The molecular weight excluding hydrogens is 277 g/mol. The molecule has 0 atom stereocenters. The number of allylic oxidation sites excluding steroid dienone is 1. The first-order valence-corrected chi connectivity index (χ1v) is 6.66. The van der Waals surface area contributed by atoms with Gasteiger partial charge in [-0.15, -0.1) is 0 Å². The largest absolute Gasteiger partial charge is 0.428 e. The van der Waals surface area contributed by atoms with Crippen molar-refractivity contribution in [3.63, 3.8) is 0 Å². The van der Waals surface area contributed by atoms with Gasteiger partial charge < -0.3 is 13.9 Å². The number of hydrogen-bond acceptors (Lipinski definition) is 4. The van der Waals surface area contributed by atoms with Crippen molar-refractivity contribution in [3.05, 3.63) is 11.3 Å². The molecule has 0 fully saturated rings. The third kappa shape index (κ3) is 3.70. The third-order valence-electron chi connectivity index (χ3n) is 2.26. The van der Waals surface area contributed by atoms with Crippen molar-refractivity contribution in [2.45, 2.75) is 20.0 Å². The van der Waals surface area contributed by atoms with Crippen molar-refractivity contribution in [3.8, 4) is 0 Å². The molecule has 0 amide bonds. The Balaban J connectivity index is 5.93. The monoisotopic (exact) mass is 293 g/mol. The summed E-state index contributed by atoms with van der Waals surface area (Å²) >= 11 is 0. The topological polar surface area (TPSA) is 38.8 Å². The lowest BCUT2D eigenvalue weighted by molar-refractivity contribution is -0.0903. The van der Waals surface area contributed by atoms with Crippen LogP contribution in [0.15, 0.2) is 11.3 Å². The zero-order chi connectivity index (χ0) is 14.6. The smallest absolute Gasteiger partial charge is 0.348 e. The molecule has 9 heteroatoms. The Labute approximate surface area is 103 Å². The SMILES string of the molecule is CCN(CC)/C(F)=C(/C(F)(F)F)P(=O)(OC)OC. The molecule has 18 heavy (non-hydrogen) atoms. The van der Waals surface area contributed by atoms with Crippen molar-refractivity contribution in [2.24, 2.45) is 0 Å². The zero-order valence-corrected chi connectivity index (χ0v) is 11.4. The molecule has 0 N–H and O–H groups in total. The first-order valence-electron chi connectivity index (χ1n) is 5.11. The molecule has 0 aromatic carbocycles. The van der Waals surface area contributed by atoms with Crippen LogP contribution < -0.4 is 0 Å². The van der Waals surface area contributed by atoms with E-state index in [9.17, 15) is 22.1 Å². The highest BCUT2D eigenvalue weighted by Crippen LogP contribution is 2.61. The van der Waals surface area contributed by atoms with Gasteiger partial charge in [0.05, 0.1) is 0 Å². The van der Waals surface area contributed by atoms with Gasteiger partial charge >= 0.3 is 13.8 Å². The molecule has 0 saturated carbocycles. The fourth-order valence-corrected chi connectivity index (χ4v) is 2.49. The molecule has 0 saturated heterocycles. The molecule has 0 spiro atoms. The van der Waals surface area contributed by atoms with E-state index >= 15 is 0 Å². The van der Waals surface area contributed by atoms with Crippen molar-refractivity contribution in [1.82, 2.24) is 4.90 Å². The Morgan fingerprint density at radius 3 is 1.78 bits per heavy atom. The van der Waals surface area contributed by atoms with Gasteiger partial charge in [-0.3, -0.25) is 4.57 Å². The van der Waals surface area contributed by atoms with E-state index in [1.54, 1.807) is 0 Å². The summed E-state index contributed by atoms with van der Waals surface area (Å²) in [6.07, 6.45) is -5.14. The molecule has 0 aliphatic heterocycles. The van der Waals surface area contributed by atoms with E-state index in [0.29, 0.717) is 0 Å². The van der Waals surface area contributed by atoms with Crippen LogP contribution in [0.4, 0.5) is 17.6 Å². The molecule has 0 aromatic heterocycles. The van der Waals surface area contributed by atoms with E-state index in [0.717, 1.165) is 19.1 Å². The first-order chi connectivity index (χ1) is 8.17. The second-order valence-electron chi connectivity index (χ2n) is 3.17. The van der Waals surface area contributed by atoms with E-state index < -0.39 is 25.0 Å². The van der Waals surface area contributed by atoms with Crippen LogP contribution >= 0.6 is 7.60 Å². The van der Waals surface area contributed by atoms with Crippen LogP contribution in [0.25, 0.3) is 0 Å². The molecule has 108 valence electrons. The molecule has 0 heterocycles. The average molecular weight is 293 g/mol. The molecule has 0 aromatic rings. The highest BCUT2D eigenvalue weighted by molar-refractivity contribution is 7.58. The van der Waals surface area contributed by atoms with E-state index in [1.807, 2.05) is 0 Å². The van der Waals surface area contributed by atoms with Crippen LogP contribution in [-0.2, 0) is 13.6 Å². The van der Waals surface area contributed by atoms with Gasteiger partial charge in [-0.2, -0.15) is 17.6 Å². The fourth-order valence-electron chi connectivity index (χ4n) is 1.29. The van der Waals surface area contributed by atoms with E-state index in [1.165, 1.54) is 13.8 Å². The van der Waals surface area contributed by atoms with Crippen molar-refractivity contribution in [1.29, 1.82) is 0 Å². The minimum atomic E-state index is -5.14. The zero-order valence-electron chi connectivity index (χ0n) is 10.5. The standard InChI is InChI=1S/C9H16F4NO3P/c1-5-14(6-2)8(10)7(9(11,12)13)18(15,16-3)17-4/h5-6H2,1-4H3/b8-7-. The number of nitrogens with zero attached hydrogens (tertiary/aromatic N) is 1. The number of halogens is 4. The highest BCUT2D eigenvalue weighted by atomic mass is 31.2. The molecule has 0 unspecified atom stereocenters. The lowest BCUT2D eigenvalue weighted by atomic mass is 10.4. The van der Waals surface area contributed by atoms with Crippen molar-refractivity contribution >= 4 is 7.60 Å². The van der Waals surface area contributed by atoms with Gasteiger partial charge in [-0.1, -0.05) is 0 Å². The van der Waals surface area contributed by atoms with Crippen LogP contribution in [0.1, 0.15) is 13.8 Å². The Hall–Kier alpha value is -0.590. The molecule has 4 nitrogen and oxygen atoms in total. The molecule has 0 aliphatic carbocycles. The van der Waals surface area contributed by atoms with Crippen molar-refractivity contribution in [2.75, 3.05) is 27.3 Å². The van der Waals surface area contributed by atoms with E-state index in [4.69, 9.17) is 0 Å². The van der Waals surface area contributed by atoms with E-state index in [-0.39, 0.29) is 13.1 Å². The van der Waals surface area contributed by atoms with Crippen LogP contribution in [0.2, 0.25) is 0 Å². The summed E-state index contributed by atoms with van der Waals surface area (Å²) < 4.78 is 72.5. The maximum absolute atomic E-state index is 13.9. The van der Waals surface area contributed by atoms with Gasteiger partial charge in [-0.25, -0.2) is 0 Å². The summed E-state index contributed by atoms with van der Waals surface area (Å²) in [6.45, 7) is 2.94. The highest BCUT2D eigenvalue weighted by Gasteiger charge is 2.51. The molecular formula is C9H16F4NO3P. The molecule has 0 rings (SSSR count). The van der Waals surface area contributed by atoms with Crippen LogP contribution in [0, 0.1) is 0 Å². The second kappa shape index (κ2) is 6.54. The summed E-state index contributed by atoms with van der Waals surface area (Å²) in [7, 11) is -3.17. The normalized spacial score (nSPS) is 14.4. The number of hydrogen-bond donors (Lipinski definition) is 0. The Morgan fingerprint density at radius 2 is 1.56 bits per heavy atom. The van der Waals surface area contributed by atoms with Gasteiger partial charge in [0, 0.05) is 27.3 Å². The predicted molar refractivity (Wildman–Crippen MR) is 58.7 cm³/mol. The molecule has 0 radical (unpaired) electrons. The summed E-state index contributed by atoms with van der Waals surface area (Å²) in [5, 5.41) is -1.91. The minimum absolute atomic E-state index is 0.00462. The Bertz CT molecular complexity index is 344. The number of rotatable bonds is 6. The summed E-state index contributed by atoms with van der Waals surface area (Å²) in [5.41, 5.74) is 0. The molecule has 0 bridgehead atoms. The first kappa shape index (κ1) is 17.4. The predicted octanol–water partition coefficient (Wildman–Crippen LogP) is 3.52. The fraction of sp³-hybridized carbons (Fsp3) is 0.778. The summed E-state index contributed by atoms with van der Waals surface area (Å²) in [6, 6.07) is 0. The average Bonchev–Trinajstić information content (AvgIpc) is 2.28. The van der Waals surface area contributed by atoms with Gasteiger partial charge in [0.25, 0.3) is 0 Å². The lowest BCUT2D eigenvalue weighted by Crippen LogP contribution is -2.26. The Kier molecular flexibility index (Phi) is 6.33. The number of alkyl halides is 3. The lowest BCUT2D eigenvalue weighted by Gasteiger charge is -2.25. The van der Waals surface area contributed by atoms with E-state index in [2.05, 4.69) is 9.05 Å². The van der Waals surface area contributed by atoms with Gasteiger partial charge in [0.1, 0.15) is 0 Å². The maximum atomic E-state index is 13.9. The Morgan fingerprint density at radius 1 is 1.17 bits per heavy atom. The van der Waals surface area contributed by atoms with Crippen LogP contribution in [0.5, 0.6) is 0 Å². The summed E-state index contributed by atoms with van der Waals surface area (Å²) in [5.74, 6) is -1.64. The third-order valence-corrected chi connectivity index (χ3v) is 4.21.